The number of aryl methyl sites for hydroxylation is 1. The van der Waals surface area contributed by atoms with Crippen LogP contribution < -0.4 is 5.32 Å². The lowest BCUT2D eigenvalue weighted by Gasteiger charge is -2.18. The molecule has 0 saturated carbocycles. The number of hydrogen-bond donors (Lipinski definition) is 1. The van der Waals surface area contributed by atoms with Crippen molar-refractivity contribution in [2.45, 2.75) is 52.5 Å². The van der Waals surface area contributed by atoms with Crippen molar-refractivity contribution in [1.82, 2.24) is 5.32 Å². The van der Waals surface area contributed by atoms with Crippen molar-refractivity contribution in [3.63, 3.8) is 0 Å². The first-order valence-corrected chi connectivity index (χ1v) is 7.16. The molecule has 1 heterocycles. The fourth-order valence-electron chi connectivity index (χ4n) is 2.49. The molecule has 1 N–H and O–H groups in total. The van der Waals surface area contributed by atoms with Gasteiger partial charge in [0.25, 0.3) is 0 Å². The minimum Gasteiger partial charge on any atom is -0.459 e. The second-order valence-electron chi connectivity index (χ2n) is 6.25. The van der Waals surface area contributed by atoms with Crippen molar-refractivity contribution in [2.24, 2.45) is 0 Å². The van der Waals surface area contributed by atoms with E-state index in [1.165, 1.54) is 16.5 Å². The first-order chi connectivity index (χ1) is 8.97. The highest BCUT2D eigenvalue weighted by atomic mass is 16.3. The minimum absolute atomic E-state index is 0.179. The maximum Gasteiger partial charge on any atom is 0.134 e. The van der Waals surface area contributed by atoms with Gasteiger partial charge in [-0.2, -0.15) is 0 Å². The smallest absolute Gasteiger partial charge is 0.134 e. The average molecular weight is 259 g/mol. The van der Waals surface area contributed by atoms with Gasteiger partial charge in [0.05, 0.1) is 6.54 Å². The van der Waals surface area contributed by atoms with Crippen LogP contribution in [0.5, 0.6) is 0 Å². The zero-order chi connectivity index (χ0) is 14.0. The van der Waals surface area contributed by atoms with Crippen molar-refractivity contribution >= 4 is 11.0 Å². The third kappa shape index (κ3) is 2.84. The summed E-state index contributed by atoms with van der Waals surface area (Å²) in [4.78, 5) is 0. The number of furan rings is 1. The molecule has 0 aliphatic carbocycles. The molecule has 0 aliphatic rings. The van der Waals surface area contributed by atoms with Crippen LogP contribution in [0.2, 0.25) is 0 Å². The van der Waals surface area contributed by atoms with E-state index in [0.717, 1.165) is 30.7 Å². The lowest BCUT2D eigenvalue weighted by atomic mass is 9.86. The molecule has 2 nitrogen and oxygen atoms in total. The normalized spacial score (nSPS) is 12.3. The molecule has 1 aromatic carbocycles. The standard InChI is InChI=1S/C17H25NO/c1-6-7-13-14-10-12(17(2,3)4)8-9-15(14)19-16(13)11-18-5/h8-10,18H,6-7,11H2,1-5H3. The maximum absolute atomic E-state index is 6.00. The van der Waals surface area contributed by atoms with E-state index in [2.05, 4.69) is 51.2 Å². The third-order valence-corrected chi connectivity index (χ3v) is 3.58. The molecule has 104 valence electrons. The van der Waals surface area contributed by atoms with E-state index in [-0.39, 0.29) is 5.41 Å². The van der Waals surface area contributed by atoms with Gasteiger partial charge < -0.3 is 9.73 Å². The summed E-state index contributed by atoms with van der Waals surface area (Å²) in [6.07, 6.45) is 2.22. The molecule has 0 saturated heterocycles. The predicted octanol–water partition coefficient (Wildman–Crippen LogP) is 4.40. The van der Waals surface area contributed by atoms with Gasteiger partial charge in [-0.25, -0.2) is 0 Å². The quantitative estimate of drug-likeness (QED) is 0.880. The first-order valence-electron chi connectivity index (χ1n) is 7.16. The second kappa shape index (κ2) is 5.38. The molecule has 2 aromatic rings. The first kappa shape index (κ1) is 14.1. The second-order valence-corrected chi connectivity index (χ2v) is 6.25. The molecule has 2 heteroatoms. The molecule has 19 heavy (non-hydrogen) atoms. The van der Waals surface area contributed by atoms with Crippen molar-refractivity contribution in [3.05, 3.63) is 35.1 Å². The SMILES string of the molecule is CCCc1c(CNC)oc2ccc(C(C)(C)C)cc12. The number of benzene rings is 1. The molecule has 2 rings (SSSR count). The average Bonchev–Trinajstić information content (AvgIpc) is 2.67. The molecule has 0 spiro atoms. The molecule has 0 bridgehead atoms. The molecule has 0 atom stereocenters. The van der Waals surface area contributed by atoms with Crippen LogP contribution in [0.3, 0.4) is 0 Å². The van der Waals surface area contributed by atoms with Gasteiger partial charge in [-0.1, -0.05) is 40.2 Å². The van der Waals surface area contributed by atoms with Crippen molar-refractivity contribution < 1.29 is 4.42 Å². The van der Waals surface area contributed by atoms with Gasteiger partial charge in [-0.15, -0.1) is 0 Å². The molecule has 1 aromatic heterocycles. The van der Waals surface area contributed by atoms with Gasteiger partial charge >= 0.3 is 0 Å². The van der Waals surface area contributed by atoms with E-state index in [1.807, 2.05) is 7.05 Å². The fraction of sp³-hybridized carbons (Fsp3) is 0.529. The summed E-state index contributed by atoms with van der Waals surface area (Å²) in [5.74, 6) is 1.09. The van der Waals surface area contributed by atoms with Gasteiger partial charge in [-0.3, -0.25) is 0 Å². The van der Waals surface area contributed by atoms with Crippen molar-refractivity contribution in [1.29, 1.82) is 0 Å². The summed E-state index contributed by atoms with van der Waals surface area (Å²) in [6.45, 7) is 9.78. The van der Waals surface area contributed by atoms with Gasteiger partial charge in [-0.05, 0) is 36.6 Å². The largest absolute Gasteiger partial charge is 0.459 e. The highest BCUT2D eigenvalue weighted by Crippen LogP contribution is 2.32. The summed E-state index contributed by atoms with van der Waals surface area (Å²) in [7, 11) is 1.96. The van der Waals surface area contributed by atoms with E-state index in [0.29, 0.717) is 0 Å². The number of hydrogen-bond acceptors (Lipinski definition) is 2. The van der Waals surface area contributed by atoms with Gasteiger partial charge in [0, 0.05) is 10.9 Å². The molecule has 0 unspecified atom stereocenters. The van der Waals surface area contributed by atoms with Crippen LogP contribution in [0.4, 0.5) is 0 Å². The molecule has 0 fully saturated rings. The summed E-state index contributed by atoms with van der Waals surface area (Å²) < 4.78 is 6.00. The molecular weight excluding hydrogens is 234 g/mol. The topological polar surface area (TPSA) is 25.2 Å². The van der Waals surface area contributed by atoms with E-state index in [9.17, 15) is 0 Å². The number of rotatable bonds is 4. The fourth-order valence-corrected chi connectivity index (χ4v) is 2.49. The number of fused-ring (bicyclic) bond motifs is 1. The van der Waals surface area contributed by atoms with Crippen LogP contribution in [-0.4, -0.2) is 7.05 Å². The Balaban J connectivity index is 2.58. The summed E-state index contributed by atoms with van der Waals surface area (Å²) in [6, 6.07) is 6.61. The molecule has 0 amide bonds. The third-order valence-electron chi connectivity index (χ3n) is 3.58. The monoisotopic (exact) mass is 259 g/mol. The van der Waals surface area contributed by atoms with Crippen LogP contribution >= 0.6 is 0 Å². The van der Waals surface area contributed by atoms with E-state index in [1.54, 1.807) is 0 Å². The summed E-state index contributed by atoms with van der Waals surface area (Å²) >= 11 is 0. The van der Waals surface area contributed by atoms with Crippen molar-refractivity contribution in [3.8, 4) is 0 Å². The Hall–Kier alpha value is -1.28. The Morgan fingerprint density at radius 3 is 2.53 bits per heavy atom. The Kier molecular flexibility index (Phi) is 4.00. The van der Waals surface area contributed by atoms with Gasteiger partial charge in [0.1, 0.15) is 11.3 Å². The van der Waals surface area contributed by atoms with Crippen LogP contribution in [0, 0.1) is 0 Å². The lowest BCUT2D eigenvalue weighted by Crippen LogP contribution is -2.10. The molecule has 0 aliphatic heterocycles. The van der Waals surface area contributed by atoms with Crippen LogP contribution in [0.1, 0.15) is 51.0 Å². The van der Waals surface area contributed by atoms with E-state index in [4.69, 9.17) is 4.42 Å². The summed E-state index contributed by atoms with van der Waals surface area (Å²) in [5.41, 5.74) is 3.94. The zero-order valence-corrected chi connectivity index (χ0v) is 12.8. The maximum atomic E-state index is 6.00. The van der Waals surface area contributed by atoms with Gasteiger partial charge in [0.15, 0.2) is 0 Å². The van der Waals surface area contributed by atoms with E-state index >= 15 is 0 Å². The van der Waals surface area contributed by atoms with Gasteiger partial charge in [0.2, 0.25) is 0 Å². The Morgan fingerprint density at radius 1 is 1.21 bits per heavy atom. The van der Waals surface area contributed by atoms with Crippen LogP contribution in [-0.2, 0) is 18.4 Å². The van der Waals surface area contributed by atoms with E-state index < -0.39 is 0 Å². The van der Waals surface area contributed by atoms with Crippen molar-refractivity contribution in [2.75, 3.05) is 7.05 Å². The number of nitrogens with one attached hydrogen (secondary N) is 1. The Labute approximate surface area is 116 Å². The Bertz CT molecular complexity index is 560. The Morgan fingerprint density at radius 2 is 1.95 bits per heavy atom. The predicted molar refractivity (Wildman–Crippen MR) is 81.7 cm³/mol. The minimum atomic E-state index is 0.179. The molecule has 0 radical (unpaired) electrons. The molecular formula is C17H25NO. The van der Waals surface area contributed by atoms with Crippen LogP contribution in [0.15, 0.2) is 22.6 Å². The highest BCUT2D eigenvalue weighted by molar-refractivity contribution is 5.83. The highest BCUT2D eigenvalue weighted by Gasteiger charge is 2.18. The van der Waals surface area contributed by atoms with Crippen LogP contribution in [0.25, 0.3) is 11.0 Å². The zero-order valence-electron chi connectivity index (χ0n) is 12.8. The lowest BCUT2D eigenvalue weighted by molar-refractivity contribution is 0.523. The summed E-state index contributed by atoms with van der Waals surface area (Å²) in [5, 5.41) is 4.49.